The van der Waals surface area contributed by atoms with Crippen molar-refractivity contribution in [3.05, 3.63) is 45.8 Å². The maximum atomic E-state index is 5.84. The van der Waals surface area contributed by atoms with Gasteiger partial charge in [0.25, 0.3) is 0 Å². The summed E-state index contributed by atoms with van der Waals surface area (Å²) in [5.41, 5.74) is 6.10. The normalized spacial score (nSPS) is 10.5. The highest BCUT2D eigenvalue weighted by Gasteiger charge is 2.05. The Hall–Kier alpha value is -1.23. The molecule has 0 aliphatic rings. The quantitative estimate of drug-likeness (QED) is 0.930. The molecule has 4 nitrogen and oxygen atoms in total. The smallest absolute Gasteiger partial charge is 0.174 e. The summed E-state index contributed by atoms with van der Waals surface area (Å²) in [7, 11) is 0. The average Bonchev–Trinajstić information content (AvgIpc) is 2.73. The molecule has 0 bridgehead atoms. The molecule has 0 saturated carbocycles. The van der Waals surface area contributed by atoms with Crippen LogP contribution in [0.1, 0.15) is 11.5 Å². The largest absolute Gasteiger partial charge is 0.485 e. The van der Waals surface area contributed by atoms with Gasteiger partial charge in [0.05, 0.1) is 5.69 Å². The topological polar surface area (TPSA) is 61.3 Å². The van der Waals surface area contributed by atoms with Crippen LogP contribution in [0.25, 0.3) is 0 Å². The molecule has 0 radical (unpaired) electrons. The highest BCUT2D eigenvalue weighted by Crippen LogP contribution is 2.24. The molecule has 0 saturated heterocycles. The van der Waals surface area contributed by atoms with Crippen LogP contribution in [0, 0.1) is 0 Å². The Labute approximate surface area is 108 Å². The van der Waals surface area contributed by atoms with Gasteiger partial charge in [-0.05, 0) is 18.2 Å². The summed E-state index contributed by atoms with van der Waals surface area (Å²) in [6, 6.07) is 6.73. The molecule has 6 heteroatoms. The van der Waals surface area contributed by atoms with Crippen molar-refractivity contribution in [1.29, 1.82) is 0 Å². The number of ether oxygens (including phenoxy) is 1. The van der Waals surface area contributed by atoms with E-state index in [2.05, 4.69) is 5.16 Å². The Kier molecular flexibility index (Phi) is 3.89. The van der Waals surface area contributed by atoms with Crippen LogP contribution in [0.2, 0.25) is 10.0 Å². The van der Waals surface area contributed by atoms with Crippen molar-refractivity contribution >= 4 is 23.2 Å². The molecule has 2 rings (SSSR count). The lowest BCUT2D eigenvalue weighted by Gasteiger charge is -2.04. The lowest BCUT2D eigenvalue weighted by atomic mass is 10.3. The fourth-order valence-electron chi connectivity index (χ4n) is 1.29. The first-order valence-electron chi connectivity index (χ1n) is 4.91. The van der Waals surface area contributed by atoms with Gasteiger partial charge in [-0.1, -0.05) is 28.4 Å². The summed E-state index contributed by atoms with van der Waals surface area (Å²) >= 11 is 11.7. The van der Waals surface area contributed by atoms with Gasteiger partial charge in [-0.2, -0.15) is 0 Å². The third kappa shape index (κ3) is 3.36. The summed E-state index contributed by atoms with van der Waals surface area (Å²) in [5.74, 6) is 1.18. The van der Waals surface area contributed by atoms with Crippen LogP contribution >= 0.6 is 23.2 Å². The van der Waals surface area contributed by atoms with Crippen molar-refractivity contribution in [2.45, 2.75) is 13.2 Å². The highest BCUT2D eigenvalue weighted by atomic mass is 35.5. The average molecular weight is 273 g/mol. The van der Waals surface area contributed by atoms with E-state index in [9.17, 15) is 0 Å². The Bertz CT molecular complexity index is 494. The van der Waals surface area contributed by atoms with Crippen LogP contribution in [0.15, 0.2) is 28.8 Å². The molecule has 0 amide bonds. The predicted molar refractivity (Wildman–Crippen MR) is 65.2 cm³/mol. The van der Waals surface area contributed by atoms with E-state index < -0.39 is 0 Å². The Balaban J connectivity index is 2.01. The predicted octanol–water partition coefficient (Wildman–Crippen LogP) is 3.02. The molecule has 1 aromatic heterocycles. The van der Waals surface area contributed by atoms with E-state index >= 15 is 0 Å². The summed E-state index contributed by atoms with van der Waals surface area (Å²) in [4.78, 5) is 0. The second-order valence-electron chi connectivity index (χ2n) is 3.38. The van der Waals surface area contributed by atoms with Crippen LogP contribution in [0.4, 0.5) is 0 Å². The molecule has 90 valence electrons. The van der Waals surface area contributed by atoms with Crippen molar-refractivity contribution in [2.24, 2.45) is 5.73 Å². The summed E-state index contributed by atoms with van der Waals surface area (Å²) < 4.78 is 10.5. The lowest BCUT2D eigenvalue weighted by molar-refractivity contribution is 0.248. The molecular formula is C11H10Cl2N2O2. The van der Waals surface area contributed by atoms with E-state index in [4.69, 9.17) is 38.2 Å². The Morgan fingerprint density at radius 1 is 1.18 bits per heavy atom. The van der Waals surface area contributed by atoms with E-state index in [0.717, 1.165) is 0 Å². The number of aromatic nitrogens is 1. The van der Waals surface area contributed by atoms with Crippen molar-refractivity contribution in [1.82, 2.24) is 5.16 Å². The monoisotopic (exact) mass is 272 g/mol. The Morgan fingerprint density at radius 2 is 1.88 bits per heavy atom. The first kappa shape index (κ1) is 12.2. The van der Waals surface area contributed by atoms with Gasteiger partial charge in [-0.25, -0.2) is 0 Å². The third-order valence-electron chi connectivity index (χ3n) is 2.03. The van der Waals surface area contributed by atoms with Crippen molar-refractivity contribution < 1.29 is 9.26 Å². The van der Waals surface area contributed by atoms with Crippen LogP contribution in [-0.2, 0) is 13.2 Å². The van der Waals surface area contributed by atoms with Crippen LogP contribution < -0.4 is 10.5 Å². The first-order chi connectivity index (χ1) is 8.17. The standard InChI is InChI=1S/C11H10Cl2N2O2/c12-7-1-8(13)3-10(2-7)16-6-11-4-9(5-14)15-17-11/h1-4H,5-6,14H2. The molecule has 2 N–H and O–H groups in total. The number of nitrogens with zero attached hydrogens (tertiary/aromatic N) is 1. The van der Waals surface area contributed by atoms with Crippen molar-refractivity contribution in [3.8, 4) is 5.75 Å². The molecule has 0 unspecified atom stereocenters. The van der Waals surface area contributed by atoms with Gasteiger partial charge in [0.2, 0.25) is 0 Å². The second-order valence-corrected chi connectivity index (χ2v) is 4.26. The number of halogens is 2. The summed E-state index contributed by atoms with van der Waals surface area (Å²) in [6.07, 6.45) is 0. The molecule has 2 aromatic rings. The maximum Gasteiger partial charge on any atom is 0.174 e. The molecule has 0 fully saturated rings. The number of benzene rings is 1. The van der Waals surface area contributed by atoms with Crippen LogP contribution in [0.3, 0.4) is 0 Å². The minimum Gasteiger partial charge on any atom is -0.485 e. The summed E-state index contributed by atoms with van der Waals surface area (Å²) in [6.45, 7) is 0.593. The second kappa shape index (κ2) is 5.40. The van der Waals surface area contributed by atoms with Gasteiger partial charge >= 0.3 is 0 Å². The lowest BCUT2D eigenvalue weighted by Crippen LogP contribution is -1.96. The Morgan fingerprint density at radius 3 is 2.47 bits per heavy atom. The molecule has 0 atom stereocenters. The van der Waals surface area contributed by atoms with Crippen LogP contribution in [0.5, 0.6) is 5.75 Å². The molecule has 17 heavy (non-hydrogen) atoms. The first-order valence-corrected chi connectivity index (χ1v) is 5.66. The van der Waals surface area contributed by atoms with E-state index in [1.54, 1.807) is 24.3 Å². The molecule has 1 aromatic carbocycles. The molecule has 1 heterocycles. The van der Waals surface area contributed by atoms with Gasteiger partial charge in [-0.15, -0.1) is 0 Å². The molecule has 0 aliphatic heterocycles. The molecular weight excluding hydrogens is 263 g/mol. The zero-order chi connectivity index (χ0) is 12.3. The van der Waals surface area contributed by atoms with Gasteiger partial charge in [0, 0.05) is 22.7 Å². The number of hydrogen-bond acceptors (Lipinski definition) is 4. The van der Waals surface area contributed by atoms with Crippen molar-refractivity contribution in [2.75, 3.05) is 0 Å². The SMILES string of the molecule is NCc1cc(COc2cc(Cl)cc(Cl)c2)on1. The van der Waals surface area contributed by atoms with Gasteiger partial charge in [-0.3, -0.25) is 0 Å². The fraction of sp³-hybridized carbons (Fsp3) is 0.182. The third-order valence-corrected chi connectivity index (χ3v) is 2.47. The number of nitrogens with two attached hydrogens (primary N) is 1. The minimum absolute atomic E-state index is 0.254. The fourth-order valence-corrected chi connectivity index (χ4v) is 1.79. The van der Waals surface area contributed by atoms with E-state index in [0.29, 0.717) is 33.8 Å². The zero-order valence-electron chi connectivity index (χ0n) is 8.82. The maximum absolute atomic E-state index is 5.84. The van der Waals surface area contributed by atoms with Crippen molar-refractivity contribution in [3.63, 3.8) is 0 Å². The van der Waals surface area contributed by atoms with Gasteiger partial charge in [0.1, 0.15) is 12.4 Å². The van der Waals surface area contributed by atoms with Gasteiger partial charge in [0.15, 0.2) is 5.76 Å². The molecule has 0 aliphatic carbocycles. The highest BCUT2D eigenvalue weighted by molar-refractivity contribution is 6.34. The van der Waals surface area contributed by atoms with Crippen LogP contribution in [-0.4, -0.2) is 5.16 Å². The number of hydrogen-bond donors (Lipinski definition) is 1. The van der Waals surface area contributed by atoms with E-state index in [1.165, 1.54) is 0 Å². The minimum atomic E-state index is 0.254. The zero-order valence-corrected chi connectivity index (χ0v) is 10.3. The van der Waals surface area contributed by atoms with Gasteiger partial charge < -0.3 is 15.0 Å². The number of rotatable bonds is 4. The summed E-state index contributed by atoms with van der Waals surface area (Å²) in [5, 5.41) is 4.79. The van der Waals surface area contributed by atoms with E-state index in [1.807, 2.05) is 0 Å². The molecule has 0 spiro atoms. The van der Waals surface area contributed by atoms with E-state index in [-0.39, 0.29) is 6.61 Å².